The van der Waals surface area contributed by atoms with Gasteiger partial charge in [0.05, 0.1) is 24.3 Å². The maximum atomic E-state index is 12.5. The normalized spacial score (nSPS) is 24.1. The molecule has 1 fully saturated rings. The highest BCUT2D eigenvalue weighted by Crippen LogP contribution is 2.20. The van der Waals surface area contributed by atoms with Gasteiger partial charge in [-0.15, -0.1) is 0 Å². The van der Waals surface area contributed by atoms with Crippen LogP contribution in [-0.2, 0) is 4.74 Å². The van der Waals surface area contributed by atoms with Crippen LogP contribution in [0.15, 0.2) is 16.7 Å². The van der Waals surface area contributed by atoms with Crippen molar-refractivity contribution in [2.45, 2.75) is 26.0 Å². The number of carbonyl (C=O) groups excluding carboxylic acids is 1. The third-order valence-electron chi connectivity index (χ3n) is 2.98. The lowest BCUT2D eigenvalue weighted by molar-refractivity contribution is -0.0386. The number of anilines is 1. The molecule has 2 N–H and O–H groups in total. The number of pyridine rings is 1. The van der Waals surface area contributed by atoms with Crippen LogP contribution in [-0.4, -0.2) is 41.1 Å². The van der Waals surface area contributed by atoms with Crippen molar-refractivity contribution in [2.75, 3.05) is 18.9 Å². The van der Waals surface area contributed by atoms with Crippen LogP contribution in [0.4, 0.5) is 5.82 Å². The second-order valence-corrected chi connectivity index (χ2v) is 5.45. The Labute approximate surface area is 114 Å². The number of ether oxygens (including phenoxy) is 1. The number of hydrogen-bond acceptors (Lipinski definition) is 4. The topological polar surface area (TPSA) is 68.5 Å². The highest BCUT2D eigenvalue weighted by molar-refractivity contribution is 9.10. The highest BCUT2D eigenvalue weighted by Gasteiger charge is 2.29. The van der Waals surface area contributed by atoms with Gasteiger partial charge in [0, 0.05) is 17.2 Å². The summed E-state index contributed by atoms with van der Waals surface area (Å²) in [6.45, 7) is 5.04. The first-order valence-corrected chi connectivity index (χ1v) is 6.62. The molecule has 0 spiro atoms. The van der Waals surface area contributed by atoms with Crippen LogP contribution in [0.3, 0.4) is 0 Å². The van der Waals surface area contributed by atoms with Crippen LogP contribution in [0.5, 0.6) is 0 Å². The fourth-order valence-electron chi connectivity index (χ4n) is 1.96. The predicted molar refractivity (Wildman–Crippen MR) is 72.3 cm³/mol. The molecule has 2 rings (SSSR count). The molecule has 18 heavy (non-hydrogen) atoms. The van der Waals surface area contributed by atoms with E-state index >= 15 is 0 Å². The third-order valence-corrected chi connectivity index (χ3v) is 3.42. The predicted octanol–water partition coefficient (Wildman–Crippen LogP) is 1.68. The van der Waals surface area contributed by atoms with Crippen LogP contribution in [0.1, 0.15) is 24.2 Å². The maximum absolute atomic E-state index is 12.5. The van der Waals surface area contributed by atoms with E-state index in [1.165, 1.54) is 0 Å². The number of aromatic nitrogens is 1. The largest absolute Gasteiger partial charge is 0.383 e. The Bertz CT molecular complexity index is 467. The Morgan fingerprint density at radius 2 is 2.33 bits per heavy atom. The standard InChI is InChI=1S/C12H16BrN3O2/c1-7-6-18-8(2)5-16(7)12(17)10-3-9(13)4-15-11(10)14/h3-4,7-8H,5-6H2,1-2H3,(H2,14,15). The molecule has 98 valence electrons. The van der Waals surface area contributed by atoms with Gasteiger partial charge in [-0.25, -0.2) is 4.98 Å². The van der Waals surface area contributed by atoms with Crippen molar-refractivity contribution in [3.8, 4) is 0 Å². The second-order valence-electron chi connectivity index (χ2n) is 4.54. The molecule has 0 aliphatic carbocycles. The summed E-state index contributed by atoms with van der Waals surface area (Å²) in [5.41, 5.74) is 6.20. The number of hydrogen-bond donors (Lipinski definition) is 1. The summed E-state index contributed by atoms with van der Waals surface area (Å²) in [6.07, 6.45) is 1.63. The van der Waals surface area contributed by atoms with Crippen molar-refractivity contribution in [3.05, 3.63) is 22.3 Å². The average Bonchev–Trinajstić information content (AvgIpc) is 2.34. The minimum Gasteiger partial charge on any atom is -0.383 e. The number of amides is 1. The van der Waals surface area contributed by atoms with Crippen molar-refractivity contribution >= 4 is 27.7 Å². The molecule has 5 nitrogen and oxygen atoms in total. The van der Waals surface area contributed by atoms with Crippen molar-refractivity contribution in [1.29, 1.82) is 0 Å². The molecule has 1 amide bonds. The zero-order chi connectivity index (χ0) is 13.3. The summed E-state index contributed by atoms with van der Waals surface area (Å²) in [5.74, 6) is 0.165. The molecule has 2 heterocycles. The molecule has 0 aromatic carbocycles. The zero-order valence-corrected chi connectivity index (χ0v) is 12.0. The fraction of sp³-hybridized carbons (Fsp3) is 0.500. The Morgan fingerprint density at radius 1 is 1.61 bits per heavy atom. The van der Waals surface area contributed by atoms with Gasteiger partial charge in [-0.2, -0.15) is 0 Å². The molecular weight excluding hydrogens is 298 g/mol. The Balaban J connectivity index is 2.27. The minimum atomic E-state index is -0.0936. The zero-order valence-electron chi connectivity index (χ0n) is 10.4. The van der Waals surface area contributed by atoms with E-state index in [0.717, 1.165) is 4.47 Å². The minimum absolute atomic E-state index is 0.0477. The van der Waals surface area contributed by atoms with Gasteiger partial charge in [0.2, 0.25) is 0 Å². The van der Waals surface area contributed by atoms with E-state index in [0.29, 0.717) is 18.7 Å². The number of nitrogens with zero attached hydrogens (tertiary/aromatic N) is 2. The van der Waals surface area contributed by atoms with Crippen LogP contribution < -0.4 is 5.73 Å². The smallest absolute Gasteiger partial charge is 0.258 e. The third kappa shape index (κ3) is 2.64. The van der Waals surface area contributed by atoms with Crippen LogP contribution in [0, 0.1) is 0 Å². The van der Waals surface area contributed by atoms with E-state index < -0.39 is 0 Å². The van der Waals surface area contributed by atoms with Gasteiger partial charge in [0.25, 0.3) is 5.91 Å². The van der Waals surface area contributed by atoms with Gasteiger partial charge in [-0.1, -0.05) is 0 Å². The summed E-state index contributed by atoms with van der Waals surface area (Å²) in [6, 6.07) is 1.75. The van der Waals surface area contributed by atoms with Gasteiger partial charge < -0.3 is 15.4 Å². The van der Waals surface area contributed by atoms with Gasteiger partial charge in [0.15, 0.2) is 0 Å². The van der Waals surface area contributed by atoms with Crippen molar-refractivity contribution in [3.63, 3.8) is 0 Å². The summed E-state index contributed by atoms with van der Waals surface area (Å²) in [7, 11) is 0. The van der Waals surface area contributed by atoms with Gasteiger partial charge in [-0.05, 0) is 35.8 Å². The van der Waals surface area contributed by atoms with Gasteiger partial charge >= 0.3 is 0 Å². The monoisotopic (exact) mass is 313 g/mol. The lowest BCUT2D eigenvalue weighted by Gasteiger charge is -2.36. The van der Waals surface area contributed by atoms with E-state index in [9.17, 15) is 4.79 Å². The molecule has 0 radical (unpaired) electrons. The number of nitrogens with two attached hydrogens (primary N) is 1. The number of halogens is 1. The molecule has 1 aliphatic rings. The number of nitrogen functional groups attached to an aromatic ring is 1. The summed E-state index contributed by atoms with van der Waals surface area (Å²) < 4.78 is 6.25. The van der Waals surface area contributed by atoms with Gasteiger partial charge in [0.1, 0.15) is 5.82 Å². The molecule has 0 saturated carbocycles. The first-order chi connectivity index (χ1) is 8.49. The number of rotatable bonds is 1. The molecule has 0 bridgehead atoms. The second kappa shape index (κ2) is 5.24. The van der Waals surface area contributed by atoms with Crippen molar-refractivity contribution in [2.24, 2.45) is 0 Å². The molecule has 1 aliphatic heterocycles. The lowest BCUT2D eigenvalue weighted by Crippen LogP contribution is -2.50. The lowest BCUT2D eigenvalue weighted by atomic mass is 10.1. The molecule has 2 unspecified atom stereocenters. The molecule has 6 heteroatoms. The van der Waals surface area contributed by atoms with E-state index in [4.69, 9.17) is 10.5 Å². The molecule has 1 saturated heterocycles. The Morgan fingerprint density at radius 3 is 3.06 bits per heavy atom. The summed E-state index contributed by atoms with van der Waals surface area (Å²) >= 11 is 3.30. The number of carbonyl (C=O) groups is 1. The molecule has 2 atom stereocenters. The SMILES string of the molecule is CC1CN(C(=O)c2cc(Br)cnc2N)C(C)CO1. The van der Waals surface area contributed by atoms with Crippen LogP contribution in [0.25, 0.3) is 0 Å². The molecular formula is C12H16BrN3O2. The van der Waals surface area contributed by atoms with Crippen LogP contribution in [0.2, 0.25) is 0 Å². The quantitative estimate of drug-likeness (QED) is 0.856. The van der Waals surface area contributed by atoms with E-state index in [2.05, 4.69) is 20.9 Å². The summed E-state index contributed by atoms with van der Waals surface area (Å²) in [5, 5.41) is 0. The maximum Gasteiger partial charge on any atom is 0.258 e. The van der Waals surface area contributed by atoms with Crippen molar-refractivity contribution < 1.29 is 9.53 Å². The number of morpholine rings is 1. The molecule has 1 aromatic heterocycles. The van der Waals surface area contributed by atoms with Crippen LogP contribution >= 0.6 is 15.9 Å². The fourth-order valence-corrected chi connectivity index (χ4v) is 2.29. The Hall–Kier alpha value is -1.14. The molecule has 1 aromatic rings. The van der Waals surface area contributed by atoms with Crippen molar-refractivity contribution in [1.82, 2.24) is 9.88 Å². The van der Waals surface area contributed by atoms with E-state index in [1.54, 1.807) is 17.2 Å². The first-order valence-electron chi connectivity index (χ1n) is 5.82. The first kappa shape index (κ1) is 13.3. The average molecular weight is 314 g/mol. The summed E-state index contributed by atoms with van der Waals surface area (Å²) in [4.78, 5) is 18.2. The van der Waals surface area contributed by atoms with E-state index in [-0.39, 0.29) is 23.9 Å². The Kier molecular flexibility index (Phi) is 3.87. The highest BCUT2D eigenvalue weighted by atomic mass is 79.9. The van der Waals surface area contributed by atoms with Gasteiger partial charge in [-0.3, -0.25) is 4.79 Å². The van der Waals surface area contributed by atoms with E-state index in [1.807, 2.05) is 13.8 Å².